The molecule has 0 fully saturated rings. The van der Waals surface area contributed by atoms with Gasteiger partial charge >= 0.3 is 0 Å². The first-order valence-electron chi connectivity index (χ1n) is 6.41. The van der Waals surface area contributed by atoms with E-state index in [4.69, 9.17) is 4.42 Å². The summed E-state index contributed by atoms with van der Waals surface area (Å²) in [7, 11) is 0. The van der Waals surface area contributed by atoms with Gasteiger partial charge in [-0.1, -0.05) is 18.2 Å². The average Bonchev–Trinajstić information content (AvgIpc) is 2.77. The number of benzene rings is 2. The zero-order valence-electron chi connectivity index (χ0n) is 11.2. The Morgan fingerprint density at radius 3 is 2.71 bits per heavy atom. The van der Waals surface area contributed by atoms with Crippen molar-refractivity contribution in [2.24, 2.45) is 0 Å². The fourth-order valence-electron chi connectivity index (χ4n) is 2.28. The topological polar surface area (TPSA) is 25.2 Å². The maximum atomic E-state index is 13.7. The van der Waals surface area contributed by atoms with E-state index in [9.17, 15) is 8.78 Å². The lowest BCUT2D eigenvalue weighted by atomic mass is 10.1. The molecule has 0 aliphatic carbocycles. The first kappa shape index (κ1) is 14.1. The molecule has 3 aromatic rings. The second kappa shape index (κ2) is 5.48. The fourth-order valence-corrected chi connectivity index (χ4v) is 2.63. The maximum absolute atomic E-state index is 13.7. The molecule has 2 aromatic carbocycles. The molecule has 0 saturated carbocycles. The van der Waals surface area contributed by atoms with Crippen LogP contribution < -0.4 is 5.32 Å². The van der Waals surface area contributed by atoms with Gasteiger partial charge in [-0.05, 0) is 35.0 Å². The molecule has 0 aliphatic heterocycles. The molecular formula is C16H12BrF2NO. The summed E-state index contributed by atoms with van der Waals surface area (Å²) in [6, 6.07) is 9.92. The van der Waals surface area contributed by atoms with Gasteiger partial charge in [-0.3, -0.25) is 0 Å². The van der Waals surface area contributed by atoms with Crippen LogP contribution in [0.25, 0.3) is 11.0 Å². The number of nitrogens with one attached hydrogen (secondary N) is 1. The highest BCUT2D eigenvalue weighted by Crippen LogP contribution is 2.28. The minimum Gasteiger partial charge on any atom is -0.461 e. The van der Waals surface area contributed by atoms with Crippen LogP contribution in [0.15, 0.2) is 45.3 Å². The third-order valence-corrected chi connectivity index (χ3v) is 3.97. The van der Waals surface area contributed by atoms with Crippen molar-refractivity contribution >= 4 is 32.6 Å². The van der Waals surface area contributed by atoms with Crippen molar-refractivity contribution in [2.75, 3.05) is 5.32 Å². The van der Waals surface area contributed by atoms with Crippen molar-refractivity contribution in [1.29, 1.82) is 0 Å². The Balaban J connectivity index is 1.90. The van der Waals surface area contributed by atoms with Gasteiger partial charge in [-0.25, -0.2) is 8.78 Å². The molecule has 0 spiro atoms. The predicted molar refractivity (Wildman–Crippen MR) is 82.3 cm³/mol. The summed E-state index contributed by atoms with van der Waals surface area (Å²) < 4.78 is 32.8. The number of hydrogen-bond acceptors (Lipinski definition) is 2. The summed E-state index contributed by atoms with van der Waals surface area (Å²) in [6.45, 7) is 2.27. The van der Waals surface area contributed by atoms with E-state index in [1.807, 2.05) is 31.2 Å². The zero-order valence-corrected chi connectivity index (χ0v) is 12.8. The van der Waals surface area contributed by atoms with Crippen molar-refractivity contribution in [1.82, 2.24) is 0 Å². The highest BCUT2D eigenvalue weighted by Gasteiger charge is 2.12. The smallest absolute Gasteiger partial charge is 0.149 e. The second-order valence-electron chi connectivity index (χ2n) is 4.73. The maximum Gasteiger partial charge on any atom is 0.149 e. The number of halogens is 3. The van der Waals surface area contributed by atoms with Gasteiger partial charge in [0.05, 0.1) is 10.2 Å². The van der Waals surface area contributed by atoms with Crippen LogP contribution in [0.1, 0.15) is 11.3 Å². The molecule has 0 aliphatic rings. The molecule has 21 heavy (non-hydrogen) atoms. The Labute approximate surface area is 128 Å². The Morgan fingerprint density at radius 2 is 1.90 bits per heavy atom. The van der Waals surface area contributed by atoms with Crippen LogP contribution in [0.4, 0.5) is 14.5 Å². The van der Waals surface area contributed by atoms with E-state index in [1.165, 1.54) is 6.07 Å². The van der Waals surface area contributed by atoms with Gasteiger partial charge in [0.1, 0.15) is 23.0 Å². The lowest BCUT2D eigenvalue weighted by Gasteiger charge is -2.08. The van der Waals surface area contributed by atoms with Crippen molar-refractivity contribution < 1.29 is 13.2 Å². The summed E-state index contributed by atoms with van der Waals surface area (Å²) >= 11 is 3.05. The highest BCUT2D eigenvalue weighted by molar-refractivity contribution is 9.10. The zero-order chi connectivity index (χ0) is 15.0. The number of para-hydroxylation sites is 1. The van der Waals surface area contributed by atoms with Crippen LogP contribution in [-0.4, -0.2) is 0 Å². The number of furan rings is 1. The molecule has 3 rings (SSSR count). The molecule has 5 heteroatoms. The van der Waals surface area contributed by atoms with Gasteiger partial charge in [0.2, 0.25) is 0 Å². The molecule has 0 saturated heterocycles. The monoisotopic (exact) mass is 351 g/mol. The van der Waals surface area contributed by atoms with E-state index in [0.717, 1.165) is 28.4 Å². The third-order valence-electron chi connectivity index (χ3n) is 3.37. The van der Waals surface area contributed by atoms with Crippen molar-refractivity contribution in [3.63, 3.8) is 0 Å². The predicted octanol–water partition coefficient (Wildman–Crippen LogP) is 5.39. The van der Waals surface area contributed by atoms with Crippen molar-refractivity contribution in [3.8, 4) is 0 Å². The second-order valence-corrected chi connectivity index (χ2v) is 5.59. The normalized spacial score (nSPS) is 11.0. The molecule has 108 valence electrons. The number of aryl methyl sites for hydroxylation is 1. The molecule has 2 nitrogen and oxygen atoms in total. The molecule has 0 amide bonds. The number of hydrogen-bond donors (Lipinski definition) is 1. The summed E-state index contributed by atoms with van der Waals surface area (Å²) in [5, 5.41) is 3.97. The van der Waals surface area contributed by atoms with Crippen LogP contribution in [0.5, 0.6) is 0 Å². The van der Waals surface area contributed by atoms with E-state index in [2.05, 4.69) is 21.2 Å². The van der Waals surface area contributed by atoms with Crippen LogP contribution >= 0.6 is 15.9 Å². The van der Waals surface area contributed by atoms with E-state index < -0.39 is 11.6 Å². The third kappa shape index (κ3) is 2.65. The highest BCUT2D eigenvalue weighted by atomic mass is 79.9. The Morgan fingerprint density at radius 1 is 1.14 bits per heavy atom. The van der Waals surface area contributed by atoms with Gasteiger partial charge in [0, 0.05) is 23.6 Å². The fraction of sp³-hybridized carbons (Fsp3) is 0.125. The molecule has 0 radical (unpaired) electrons. The van der Waals surface area contributed by atoms with E-state index >= 15 is 0 Å². The van der Waals surface area contributed by atoms with Crippen LogP contribution in [0.3, 0.4) is 0 Å². The molecule has 0 unspecified atom stereocenters. The van der Waals surface area contributed by atoms with E-state index in [0.29, 0.717) is 6.54 Å². The van der Waals surface area contributed by atoms with E-state index in [1.54, 1.807) is 0 Å². The first-order valence-corrected chi connectivity index (χ1v) is 7.21. The summed E-state index contributed by atoms with van der Waals surface area (Å²) in [5.74, 6) is -0.463. The van der Waals surface area contributed by atoms with Gasteiger partial charge in [0.25, 0.3) is 0 Å². The molecule has 1 aromatic heterocycles. The minimum atomic E-state index is -0.624. The summed E-state index contributed by atoms with van der Waals surface area (Å²) in [5.41, 5.74) is 2.01. The molecule has 0 atom stereocenters. The van der Waals surface area contributed by atoms with Crippen LogP contribution in [0, 0.1) is 18.6 Å². The van der Waals surface area contributed by atoms with Crippen LogP contribution in [-0.2, 0) is 6.54 Å². The Kier molecular flexibility index (Phi) is 3.68. The lowest BCUT2D eigenvalue weighted by Crippen LogP contribution is -2.02. The van der Waals surface area contributed by atoms with Crippen molar-refractivity contribution in [3.05, 3.63) is 63.8 Å². The average molecular weight is 352 g/mol. The van der Waals surface area contributed by atoms with Crippen molar-refractivity contribution in [2.45, 2.75) is 13.5 Å². The molecule has 0 bridgehead atoms. The van der Waals surface area contributed by atoms with Gasteiger partial charge < -0.3 is 9.73 Å². The summed E-state index contributed by atoms with van der Waals surface area (Å²) in [4.78, 5) is 0. The molecule has 1 heterocycles. The lowest BCUT2D eigenvalue weighted by molar-refractivity contribution is 0.571. The molecule has 1 N–H and O–H groups in total. The quantitative estimate of drug-likeness (QED) is 0.639. The first-order chi connectivity index (χ1) is 10.1. The molecular weight excluding hydrogens is 340 g/mol. The Hall–Kier alpha value is -1.88. The number of rotatable bonds is 3. The van der Waals surface area contributed by atoms with Gasteiger partial charge in [-0.15, -0.1) is 0 Å². The largest absolute Gasteiger partial charge is 0.461 e. The van der Waals surface area contributed by atoms with Gasteiger partial charge in [0.15, 0.2) is 0 Å². The number of anilines is 1. The SMILES string of the molecule is Cc1oc2ccccc2c1CNc1cc(Br)c(F)cc1F. The van der Waals surface area contributed by atoms with E-state index in [-0.39, 0.29) is 10.2 Å². The number of fused-ring (bicyclic) bond motifs is 1. The standard InChI is InChI=1S/C16H12BrF2NO/c1-9-11(10-4-2-3-5-16(10)21-9)8-20-15-6-12(17)13(18)7-14(15)19/h2-7,20H,8H2,1H3. The van der Waals surface area contributed by atoms with Gasteiger partial charge in [-0.2, -0.15) is 0 Å². The summed E-state index contributed by atoms with van der Waals surface area (Å²) in [6.07, 6.45) is 0. The Bertz CT molecular complexity index is 813. The minimum absolute atomic E-state index is 0.222. The van der Waals surface area contributed by atoms with Crippen LogP contribution in [0.2, 0.25) is 0 Å².